The quantitative estimate of drug-likeness (QED) is 0.662. The number of rotatable bonds is 7. The van der Waals surface area contributed by atoms with Crippen LogP contribution in [0.15, 0.2) is 41.8 Å². The van der Waals surface area contributed by atoms with E-state index in [1.165, 1.54) is 0 Å². The molecule has 2 aromatic rings. The van der Waals surface area contributed by atoms with Crippen LogP contribution in [0.1, 0.15) is 31.2 Å². The van der Waals surface area contributed by atoms with E-state index in [2.05, 4.69) is 16.0 Å². The fourth-order valence-corrected chi connectivity index (χ4v) is 2.97. The van der Waals surface area contributed by atoms with Gasteiger partial charge in [-0.1, -0.05) is 18.2 Å². The van der Waals surface area contributed by atoms with Crippen LogP contribution in [0.3, 0.4) is 0 Å². The lowest BCUT2D eigenvalue weighted by Crippen LogP contribution is -2.37. The molecule has 0 aliphatic rings. The normalized spacial score (nSPS) is 10.8. The Balaban J connectivity index is 1.78. The standard InChI is InChI=1S/C20H25N3O4S/c1-20(2,3)27-19(26)22-13-18(25)23-15-7-4-6-14(10-15)12-21-17(24)11-16-8-5-9-28-16/h4-10H,11-13H2,1-3H3,(H,21,24)(H,22,26)(H,23,25). The van der Waals surface area contributed by atoms with Crippen molar-refractivity contribution in [2.75, 3.05) is 11.9 Å². The van der Waals surface area contributed by atoms with Crippen molar-refractivity contribution in [2.24, 2.45) is 0 Å². The van der Waals surface area contributed by atoms with E-state index in [1.807, 2.05) is 23.6 Å². The summed E-state index contributed by atoms with van der Waals surface area (Å²) >= 11 is 1.54. The van der Waals surface area contributed by atoms with Crippen LogP contribution in [0.2, 0.25) is 0 Å². The molecule has 0 saturated carbocycles. The first kappa shape index (κ1) is 21.4. The van der Waals surface area contributed by atoms with Crippen LogP contribution in [0.5, 0.6) is 0 Å². The van der Waals surface area contributed by atoms with Crippen LogP contribution in [0, 0.1) is 0 Å². The van der Waals surface area contributed by atoms with Crippen molar-refractivity contribution in [3.05, 3.63) is 52.2 Å². The Morgan fingerprint density at radius 1 is 1.04 bits per heavy atom. The van der Waals surface area contributed by atoms with Crippen molar-refractivity contribution in [1.29, 1.82) is 0 Å². The topological polar surface area (TPSA) is 96.5 Å². The van der Waals surface area contributed by atoms with Crippen molar-refractivity contribution in [2.45, 2.75) is 39.3 Å². The number of alkyl carbamates (subject to hydrolysis) is 1. The Labute approximate surface area is 168 Å². The van der Waals surface area contributed by atoms with E-state index >= 15 is 0 Å². The lowest BCUT2D eigenvalue weighted by atomic mass is 10.2. The number of hydrogen-bond acceptors (Lipinski definition) is 5. The van der Waals surface area contributed by atoms with Crippen LogP contribution in [-0.4, -0.2) is 30.1 Å². The molecule has 2 rings (SSSR count). The van der Waals surface area contributed by atoms with Crippen LogP contribution < -0.4 is 16.0 Å². The van der Waals surface area contributed by atoms with Crippen molar-refractivity contribution < 1.29 is 19.1 Å². The minimum atomic E-state index is -0.648. The zero-order valence-electron chi connectivity index (χ0n) is 16.2. The fourth-order valence-electron chi connectivity index (χ4n) is 2.27. The van der Waals surface area contributed by atoms with Gasteiger partial charge in [0, 0.05) is 17.1 Å². The molecule has 150 valence electrons. The highest BCUT2D eigenvalue weighted by molar-refractivity contribution is 7.10. The van der Waals surface area contributed by atoms with E-state index in [-0.39, 0.29) is 18.4 Å². The Kier molecular flexibility index (Phi) is 7.57. The van der Waals surface area contributed by atoms with E-state index in [0.29, 0.717) is 18.7 Å². The average Bonchev–Trinajstić information content (AvgIpc) is 3.10. The van der Waals surface area contributed by atoms with Gasteiger partial charge in [0.1, 0.15) is 12.1 Å². The van der Waals surface area contributed by atoms with E-state index in [0.717, 1.165) is 10.4 Å². The van der Waals surface area contributed by atoms with Gasteiger partial charge in [-0.3, -0.25) is 9.59 Å². The summed E-state index contributed by atoms with van der Waals surface area (Å²) in [7, 11) is 0. The van der Waals surface area contributed by atoms with E-state index in [4.69, 9.17) is 4.74 Å². The lowest BCUT2D eigenvalue weighted by molar-refractivity contribution is -0.120. The Morgan fingerprint density at radius 3 is 2.50 bits per heavy atom. The smallest absolute Gasteiger partial charge is 0.408 e. The molecule has 0 saturated heterocycles. The predicted molar refractivity (Wildman–Crippen MR) is 109 cm³/mol. The van der Waals surface area contributed by atoms with Crippen molar-refractivity contribution >= 4 is 34.9 Å². The zero-order chi connectivity index (χ0) is 20.6. The molecule has 7 nitrogen and oxygen atoms in total. The number of amides is 3. The number of carbonyl (C=O) groups is 3. The first-order valence-electron chi connectivity index (χ1n) is 8.86. The second kappa shape index (κ2) is 9.89. The van der Waals surface area contributed by atoms with Crippen LogP contribution >= 0.6 is 11.3 Å². The Hall–Kier alpha value is -2.87. The maximum Gasteiger partial charge on any atom is 0.408 e. The SMILES string of the molecule is CC(C)(C)OC(=O)NCC(=O)Nc1cccc(CNC(=O)Cc2cccs2)c1. The number of thiophene rings is 1. The number of nitrogens with one attached hydrogen (secondary N) is 3. The third-order valence-corrected chi connectivity index (χ3v) is 4.28. The molecule has 1 aromatic heterocycles. The average molecular weight is 404 g/mol. The van der Waals surface area contributed by atoms with Crippen LogP contribution in [0.4, 0.5) is 10.5 Å². The summed E-state index contributed by atoms with van der Waals surface area (Å²) in [5, 5.41) is 9.91. The Morgan fingerprint density at radius 2 is 1.82 bits per heavy atom. The number of anilines is 1. The highest BCUT2D eigenvalue weighted by Crippen LogP contribution is 2.12. The van der Waals surface area contributed by atoms with Gasteiger partial charge in [-0.05, 0) is 49.9 Å². The third-order valence-electron chi connectivity index (χ3n) is 3.41. The zero-order valence-corrected chi connectivity index (χ0v) is 17.0. The molecule has 1 aromatic carbocycles. The molecule has 1 heterocycles. The molecule has 0 aliphatic carbocycles. The summed E-state index contributed by atoms with van der Waals surface area (Å²) in [6.07, 6.45) is -0.297. The predicted octanol–water partition coefficient (Wildman–Crippen LogP) is 3.07. The molecular formula is C20H25N3O4S. The number of benzene rings is 1. The lowest BCUT2D eigenvalue weighted by Gasteiger charge is -2.19. The van der Waals surface area contributed by atoms with Crippen LogP contribution in [0.25, 0.3) is 0 Å². The molecule has 0 atom stereocenters. The van der Waals surface area contributed by atoms with Crippen molar-refractivity contribution in [3.63, 3.8) is 0 Å². The van der Waals surface area contributed by atoms with Gasteiger partial charge in [-0.15, -0.1) is 11.3 Å². The monoisotopic (exact) mass is 403 g/mol. The molecule has 0 radical (unpaired) electrons. The largest absolute Gasteiger partial charge is 0.444 e. The van der Waals surface area contributed by atoms with Gasteiger partial charge in [0.05, 0.1) is 6.42 Å². The highest BCUT2D eigenvalue weighted by Gasteiger charge is 2.16. The molecule has 0 aliphatic heterocycles. The molecule has 0 unspecified atom stereocenters. The molecule has 0 spiro atoms. The molecule has 0 fully saturated rings. The van der Waals surface area contributed by atoms with E-state index in [1.54, 1.807) is 50.3 Å². The maximum atomic E-state index is 12.0. The number of carbonyl (C=O) groups excluding carboxylic acids is 3. The summed E-state index contributed by atoms with van der Waals surface area (Å²) < 4.78 is 5.08. The van der Waals surface area contributed by atoms with Gasteiger partial charge in [-0.2, -0.15) is 0 Å². The van der Waals surface area contributed by atoms with Gasteiger partial charge in [0.2, 0.25) is 11.8 Å². The van der Waals surface area contributed by atoms with Crippen molar-refractivity contribution in [3.8, 4) is 0 Å². The minimum Gasteiger partial charge on any atom is -0.444 e. The molecule has 0 bridgehead atoms. The van der Waals surface area contributed by atoms with Gasteiger partial charge in [0.25, 0.3) is 0 Å². The summed E-state index contributed by atoms with van der Waals surface area (Å²) in [4.78, 5) is 36.5. The third kappa shape index (κ3) is 8.22. The summed E-state index contributed by atoms with van der Waals surface area (Å²) in [5.41, 5.74) is 0.821. The summed E-state index contributed by atoms with van der Waals surface area (Å²) in [5.74, 6) is -0.428. The summed E-state index contributed by atoms with van der Waals surface area (Å²) in [6.45, 7) is 5.41. The molecule has 3 N–H and O–H groups in total. The fraction of sp³-hybridized carbons (Fsp3) is 0.350. The molecule has 3 amide bonds. The van der Waals surface area contributed by atoms with Gasteiger partial charge in [0.15, 0.2) is 0 Å². The first-order valence-corrected chi connectivity index (χ1v) is 9.74. The second-order valence-corrected chi connectivity index (χ2v) is 8.17. The van der Waals surface area contributed by atoms with Gasteiger partial charge in [-0.25, -0.2) is 4.79 Å². The maximum absolute atomic E-state index is 12.0. The van der Waals surface area contributed by atoms with Gasteiger partial charge < -0.3 is 20.7 Å². The minimum absolute atomic E-state index is 0.0570. The number of ether oxygens (including phenoxy) is 1. The van der Waals surface area contributed by atoms with E-state index in [9.17, 15) is 14.4 Å². The van der Waals surface area contributed by atoms with Crippen molar-refractivity contribution in [1.82, 2.24) is 10.6 Å². The van der Waals surface area contributed by atoms with Crippen LogP contribution in [-0.2, 0) is 27.3 Å². The number of hydrogen-bond donors (Lipinski definition) is 3. The molecule has 8 heteroatoms. The molecular weight excluding hydrogens is 378 g/mol. The summed E-state index contributed by atoms with van der Waals surface area (Å²) in [6, 6.07) is 11.0. The van der Waals surface area contributed by atoms with E-state index < -0.39 is 11.7 Å². The Bertz CT molecular complexity index is 813. The van der Waals surface area contributed by atoms with Gasteiger partial charge >= 0.3 is 6.09 Å². The highest BCUT2D eigenvalue weighted by atomic mass is 32.1. The first-order chi connectivity index (χ1) is 13.2. The second-order valence-electron chi connectivity index (χ2n) is 7.14. The molecule has 28 heavy (non-hydrogen) atoms.